The van der Waals surface area contributed by atoms with Crippen LogP contribution in [0, 0.1) is 6.92 Å². The summed E-state index contributed by atoms with van der Waals surface area (Å²) in [4.78, 5) is 18.1. The summed E-state index contributed by atoms with van der Waals surface area (Å²) < 4.78 is 8.93. The Kier molecular flexibility index (Phi) is 6.82. The summed E-state index contributed by atoms with van der Waals surface area (Å²) in [5, 5.41) is 1.10. The van der Waals surface area contributed by atoms with Gasteiger partial charge in [-0.2, -0.15) is 0 Å². The minimum absolute atomic E-state index is 0.292. The van der Waals surface area contributed by atoms with Gasteiger partial charge in [0.15, 0.2) is 5.60 Å². The number of hydrogen-bond acceptors (Lipinski definition) is 4. The third kappa shape index (κ3) is 4.28. The number of cyclic esters (lactones) is 1. The van der Waals surface area contributed by atoms with Gasteiger partial charge in [0.05, 0.1) is 5.56 Å². The summed E-state index contributed by atoms with van der Waals surface area (Å²) in [7, 11) is 3.98. The standard InChI is InChI=1S/C36H37N3O2/c1-6-38(24-26-13-9-8-10-14-26)28-19-17-27(18-20-28)36(32-22-21-29(37(4)5)23-31(32)35(40)41-36)34-25(3)39(7-2)33-16-12-11-15-30(33)34/h8-23H,6-7,24H2,1-5H3. The van der Waals surface area contributed by atoms with Crippen molar-refractivity contribution >= 4 is 28.2 Å². The van der Waals surface area contributed by atoms with Gasteiger partial charge in [0.1, 0.15) is 0 Å². The predicted octanol–water partition coefficient (Wildman–Crippen LogP) is 7.52. The van der Waals surface area contributed by atoms with Crippen LogP contribution in [0.15, 0.2) is 97.1 Å². The molecule has 1 aromatic heterocycles. The summed E-state index contributed by atoms with van der Waals surface area (Å²) in [6.45, 7) is 9.03. The van der Waals surface area contributed by atoms with Crippen molar-refractivity contribution in [2.75, 3.05) is 30.4 Å². The molecule has 41 heavy (non-hydrogen) atoms. The molecule has 5 aromatic rings. The van der Waals surface area contributed by atoms with Crippen LogP contribution in [0.1, 0.15) is 52.2 Å². The van der Waals surface area contributed by atoms with Crippen molar-refractivity contribution in [3.05, 3.63) is 131 Å². The number of aryl methyl sites for hydroxylation is 1. The zero-order chi connectivity index (χ0) is 28.7. The first kappa shape index (κ1) is 26.7. The number of carbonyl (C=O) groups is 1. The van der Waals surface area contributed by atoms with Crippen LogP contribution in [-0.2, 0) is 23.4 Å². The van der Waals surface area contributed by atoms with Crippen LogP contribution in [-0.4, -0.2) is 31.2 Å². The van der Waals surface area contributed by atoms with E-state index >= 15 is 0 Å². The van der Waals surface area contributed by atoms with E-state index in [1.54, 1.807) is 0 Å². The molecular formula is C36H37N3O2. The molecule has 0 amide bonds. The predicted molar refractivity (Wildman–Crippen MR) is 168 cm³/mol. The lowest BCUT2D eigenvalue weighted by Crippen LogP contribution is -2.30. The Morgan fingerprint density at radius 2 is 1.51 bits per heavy atom. The number of anilines is 2. The van der Waals surface area contributed by atoms with Crippen molar-refractivity contribution in [3.63, 3.8) is 0 Å². The first-order valence-corrected chi connectivity index (χ1v) is 14.4. The van der Waals surface area contributed by atoms with E-state index in [9.17, 15) is 4.79 Å². The Bertz CT molecular complexity index is 1720. The van der Waals surface area contributed by atoms with Crippen LogP contribution < -0.4 is 9.80 Å². The van der Waals surface area contributed by atoms with E-state index < -0.39 is 5.60 Å². The third-order valence-electron chi connectivity index (χ3n) is 8.50. The Morgan fingerprint density at radius 3 is 2.20 bits per heavy atom. The van der Waals surface area contributed by atoms with E-state index in [1.807, 2.05) is 31.1 Å². The maximum Gasteiger partial charge on any atom is 0.340 e. The van der Waals surface area contributed by atoms with E-state index in [4.69, 9.17) is 4.74 Å². The van der Waals surface area contributed by atoms with E-state index in [-0.39, 0.29) is 5.97 Å². The third-order valence-corrected chi connectivity index (χ3v) is 8.50. The van der Waals surface area contributed by atoms with Crippen molar-refractivity contribution in [2.24, 2.45) is 0 Å². The average Bonchev–Trinajstić information content (AvgIpc) is 3.46. The number of ether oxygens (including phenoxy) is 1. The summed E-state index contributed by atoms with van der Waals surface area (Å²) in [6.07, 6.45) is 0. The number of carbonyl (C=O) groups excluding carboxylic acids is 1. The SMILES string of the molecule is CCN(Cc1ccccc1)c1ccc(C2(c3c(C)n(CC)c4ccccc34)OC(=O)c3cc(N(C)C)ccc32)cc1. The molecule has 6 rings (SSSR count). The van der Waals surface area contributed by atoms with E-state index in [2.05, 4.69) is 115 Å². The summed E-state index contributed by atoms with van der Waals surface area (Å²) in [6, 6.07) is 33.7. The van der Waals surface area contributed by atoms with Crippen LogP contribution in [0.3, 0.4) is 0 Å². The molecule has 0 N–H and O–H groups in total. The second kappa shape index (κ2) is 10.5. The van der Waals surface area contributed by atoms with E-state index in [0.29, 0.717) is 5.56 Å². The van der Waals surface area contributed by atoms with Gasteiger partial charge in [-0.25, -0.2) is 4.79 Å². The van der Waals surface area contributed by atoms with Gasteiger partial charge in [-0.3, -0.25) is 0 Å². The number of esters is 1. The molecule has 0 bridgehead atoms. The van der Waals surface area contributed by atoms with Crippen molar-refractivity contribution in [3.8, 4) is 0 Å². The fourth-order valence-electron chi connectivity index (χ4n) is 6.46. The first-order valence-electron chi connectivity index (χ1n) is 14.4. The minimum Gasteiger partial charge on any atom is -0.440 e. The molecule has 0 saturated carbocycles. The zero-order valence-corrected chi connectivity index (χ0v) is 24.5. The fraction of sp³-hybridized carbons (Fsp3) is 0.250. The second-order valence-electron chi connectivity index (χ2n) is 11.0. The van der Waals surface area contributed by atoms with Crippen LogP contribution in [0.25, 0.3) is 10.9 Å². The fourth-order valence-corrected chi connectivity index (χ4v) is 6.46. The maximum atomic E-state index is 13.7. The number of hydrogen-bond donors (Lipinski definition) is 0. The zero-order valence-electron chi connectivity index (χ0n) is 24.5. The van der Waals surface area contributed by atoms with Gasteiger partial charge < -0.3 is 19.1 Å². The van der Waals surface area contributed by atoms with Crippen molar-refractivity contribution in [1.29, 1.82) is 0 Å². The number of aromatic nitrogens is 1. The van der Waals surface area contributed by atoms with Crippen molar-refractivity contribution in [1.82, 2.24) is 4.57 Å². The Hall–Kier alpha value is -4.51. The lowest BCUT2D eigenvalue weighted by molar-refractivity contribution is 0.0253. The van der Waals surface area contributed by atoms with Gasteiger partial charge in [0, 0.05) is 78.4 Å². The topological polar surface area (TPSA) is 37.7 Å². The Morgan fingerprint density at radius 1 is 0.829 bits per heavy atom. The second-order valence-corrected chi connectivity index (χ2v) is 11.0. The van der Waals surface area contributed by atoms with Gasteiger partial charge in [0.2, 0.25) is 0 Å². The van der Waals surface area contributed by atoms with Gasteiger partial charge in [-0.1, -0.05) is 66.7 Å². The van der Waals surface area contributed by atoms with Crippen molar-refractivity contribution in [2.45, 2.75) is 39.5 Å². The highest BCUT2D eigenvalue weighted by atomic mass is 16.6. The molecule has 0 fully saturated rings. The van der Waals surface area contributed by atoms with Gasteiger partial charge in [-0.05, 0) is 56.7 Å². The number of benzene rings is 4. The molecule has 208 valence electrons. The minimum atomic E-state index is -1.06. The number of rotatable bonds is 8. The molecule has 5 heteroatoms. The van der Waals surface area contributed by atoms with Gasteiger partial charge in [0.25, 0.3) is 0 Å². The van der Waals surface area contributed by atoms with E-state index in [1.165, 1.54) is 5.56 Å². The molecular weight excluding hydrogens is 506 g/mol. The van der Waals surface area contributed by atoms with Gasteiger partial charge in [-0.15, -0.1) is 0 Å². The van der Waals surface area contributed by atoms with Crippen LogP contribution in [0.2, 0.25) is 0 Å². The summed E-state index contributed by atoms with van der Waals surface area (Å²) in [5.41, 5.74) is 8.06. The highest BCUT2D eigenvalue weighted by Gasteiger charge is 2.51. The molecule has 2 heterocycles. The monoisotopic (exact) mass is 543 g/mol. The highest BCUT2D eigenvalue weighted by Crippen LogP contribution is 2.51. The molecule has 1 unspecified atom stereocenters. The lowest BCUT2D eigenvalue weighted by atomic mass is 9.78. The van der Waals surface area contributed by atoms with Crippen molar-refractivity contribution < 1.29 is 9.53 Å². The van der Waals surface area contributed by atoms with E-state index in [0.717, 1.165) is 64.3 Å². The molecule has 4 aromatic carbocycles. The lowest BCUT2D eigenvalue weighted by Gasteiger charge is -2.32. The molecule has 0 radical (unpaired) electrons. The quantitative estimate of drug-likeness (QED) is 0.190. The van der Waals surface area contributed by atoms with Crippen LogP contribution in [0.4, 0.5) is 11.4 Å². The number of nitrogens with zero attached hydrogens (tertiary/aromatic N) is 3. The average molecular weight is 544 g/mol. The smallest absolute Gasteiger partial charge is 0.340 e. The highest BCUT2D eigenvalue weighted by molar-refractivity contribution is 5.99. The normalized spacial score (nSPS) is 16.1. The maximum absolute atomic E-state index is 13.7. The Balaban J connectivity index is 1.55. The van der Waals surface area contributed by atoms with Crippen LogP contribution in [0.5, 0.6) is 0 Å². The van der Waals surface area contributed by atoms with Crippen LogP contribution >= 0.6 is 0 Å². The summed E-state index contributed by atoms with van der Waals surface area (Å²) in [5.74, 6) is -0.292. The van der Waals surface area contributed by atoms with Gasteiger partial charge >= 0.3 is 5.97 Å². The summed E-state index contributed by atoms with van der Waals surface area (Å²) >= 11 is 0. The molecule has 0 aliphatic carbocycles. The Labute approximate surface area is 242 Å². The molecule has 1 aliphatic heterocycles. The largest absolute Gasteiger partial charge is 0.440 e. The first-order chi connectivity index (χ1) is 19.9. The molecule has 1 atom stereocenters. The molecule has 0 spiro atoms. The molecule has 1 aliphatic rings. The molecule has 0 saturated heterocycles. The molecule has 5 nitrogen and oxygen atoms in total. The number of para-hydroxylation sites is 1. The number of fused-ring (bicyclic) bond motifs is 2.